The van der Waals surface area contributed by atoms with Crippen molar-refractivity contribution < 1.29 is 4.74 Å². The number of nitrogens with zero attached hydrogens (tertiary/aromatic N) is 2. The molecule has 1 unspecified atom stereocenters. The standard InChI is InChI=1S/C28H34N4O/c1-5-19-6-7-21(20-8-13-26-24(14-20)17(2)16-30-26)15-25(19)28(31-18(3)27(29)32-28)22-9-11-23(33-4)12-10-22/h6-8,13-16,22-23,30H,5,9-12H2,1-4H3,(H2,29,32). The van der Waals surface area contributed by atoms with Gasteiger partial charge in [-0.1, -0.05) is 25.1 Å². The van der Waals surface area contributed by atoms with Gasteiger partial charge in [0.2, 0.25) is 0 Å². The van der Waals surface area contributed by atoms with Crippen molar-refractivity contribution in [2.24, 2.45) is 21.6 Å². The Bertz CT molecular complexity index is 1230. The van der Waals surface area contributed by atoms with E-state index < -0.39 is 5.66 Å². The summed E-state index contributed by atoms with van der Waals surface area (Å²) in [6.45, 7) is 6.34. The van der Waals surface area contributed by atoms with Gasteiger partial charge in [0.15, 0.2) is 5.66 Å². The molecule has 5 nitrogen and oxygen atoms in total. The highest BCUT2D eigenvalue weighted by molar-refractivity contribution is 6.41. The Morgan fingerprint density at radius 1 is 1.03 bits per heavy atom. The predicted molar refractivity (Wildman–Crippen MR) is 137 cm³/mol. The highest BCUT2D eigenvalue weighted by Gasteiger charge is 2.46. The normalized spacial score (nSPS) is 25.3. The number of aromatic amines is 1. The minimum Gasteiger partial charge on any atom is -0.382 e. The molecule has 5 rings (SSSR count). The van der Waals surface area contributed by atoms with Crippen LogP contribution in [0.3, 0.4) is 0 Å². The molecule has 1 aromatic heterocycles. The van der Waals surface area contributed by atoms with E-state index in [0.717, 1.165) is 37.8 Å². The number of benzene rings is 2. The van der Waals surface area contributed by atoms with Gasteiger partial charge in [-0.05, 0) is 86.4 Å². The van der Waals surface area contributed by atoms with Crippen molar-refractivity contribution in [1.29, 1.82) is 0 Å². The molecular weight excluding hydrogens is 408 g/mol. The van der Waals surface area contributed by atoms with Crippen molar-refractivity contribution in [1.82, 2.24) is 4.98 Å². The van der Waals surface area contributed by atoms with Crippen LogP contribution in [0.5, 0.6) is 0 Å². The number of aryl methyl sites for hydroxylation is 2. The van der Waals surface area contributed by atoms with Gasteiger partial charge in [-0.25, -0.2) is 4.99 Å². The van der Waals surface area contributed by atoms with Gasteiger partial charge < -0.3 is 15.5 Å². The number of rotatable bonds is 5. The lowest BCUT2D eigenvalue weighted by atomic mass is 9.74. The lowest BCUT2D eigenvalue weighted by Gasteiger charge is -2.38. The van der Waals surface area contributed by atoms with Gasteiger partial charge in [-0.2, -0.15) is 0 Å². The average molecular weight is 443 g/mol. The molecule has 3 N–H and O–H groups in total. The fraction of sp³-hybridized carbons (Fsp3) is 0.429. The molecule has 5 heteroatoms. The summed E-state index contributed by atoms with van der Waals surface area (Å²) >= 11 is 0. The van der Waals surface area contributed by atoms with Gasteiger partial charge in [-0.3, -0.25) is 4.99 Å². The third-order valence-corrected chi connectivity index (χ3v) is 7.69. The first-order valence-electron chi connectivity index (χ1n) is 12.1. The van der Waals surface area contributed by atoms with E-state index >= 15 is 0 Å². The molecule has 0 amide bonds. The van der Waals surface area contributed by atoms with Crippen LogP contribution in [0.1, 0.15) is 56.2 Å². The Labute approximate surface area is 196 Å². The number of hydrogen-bond donors (Lipinski definition) is 2. The van der Waals surface area contributed by atoms with Crippen LogP contribution < -0.4 is 5.73 Å². The number of aromatic nitrogens is 1. The molecule has 33 heavy (non-hydrogen) atoms. The number of methoxy groups -OCH3 is 1. The van der Waals surface area contributed by atoms with Crippen molar-refractivity contribution >= 4 is 22.5 Å². The molecule has 1 aliphatic heterocycles. The number of amidine groups is 1. The molecule has 0 spiro atoms. The molecule has 1 atom stereocenters. The average Bonchev–Trinajstić information content (AvgIpc) is 3.37. The van der Waals surface area contributed by atoms with E-state index in [4.69, 9.17) is 20.5 Å². The van der Waals surface area contributed by atoms with Gasteiger partial charge in [0, 0.05) is 35.7 Å². The monoisotopic (exact) mass is 442 g/mol. The molecule has 1 fully saturated rings. The molecule has 0 bridgehead atoms. The minimum absolute atomic E-state index is 0.315. The number of ether oxygens (including phenoxy) is 1. The molecule has 0 saturated heterocycles. The Balaban J connectivity index is 1.64. The molecule has 2 aliphatic rings. The molecule has 2 aromatic carbocycles. The fourth-order valence-electron chi connectivity index (χ4n) is 5.67. The van der Waals surface area contributed by atoms with E-state index in [1.807, 2.05) is 14.0 Å². The quantitative estimate of drug-likeness (QED) is 0.516. The Morgan fingerprint density at radius 2 is 1.76 bits per heavy atom. The van der Waals surface area contributed by atoms with Crippen molar-refractivity contribution in [3.05, 3.63) is 59.3 Å². The summed E-state index contributed by atoms with van der Waals surface area (Å²) in [6.07, 6.45) is 7.49. The first kappa shape index (κ1) is 21.9. The number of nitrogens with one attached hydrogen (secondary N) is 1. The van der Waals surface area contributed by atoms with E-state index in [1.54, 1.807) is 0 Å². The van der Waals surface area contributed by atoms with E-state index in [-0.39, 0.29) is 0 Å². The Morgan fingerprint density at radius 3 is 2.42 bits per heavy atom. The van der Waals surface area contributed by atoms with E-state index in [0.29, 0.717) is 17.9 Å². The second-order valence-corrected chi connectivity index (χ2v) is 9.59. The summed E-state index contributed by atoms with van der Waals surface area (Å²) < 4.78 is 5.64. The van der Waals surface area contributed by atoms with Crippen LogP contribution in [0, 0.1) is 12.8 Å². The molecule has 1 saturated carbocycles. The topological polar surface area (TPSA) is 75.8 Å². The Hall–Kier alpha value is -2.92. The molecule has 3 aromatic rings. The van der Waals surface area contributed by atoms with Gasteiger partial charge in [-0.15, -0.1) is 0 Å². The molecular formula is C28H34N4O. The summed E-state index contributed by atoms with van der Waals surface area (Å²) in [5.41, 5.74) is 13.9. The van der Waals surface area contributed by atoms with Gasteiger partial charge in [0.25, 0.3) is 0 Å². The third kappa shape index (κ3) is 3.68. The summed E-state index contributed by atoms with van der Waals surface area (Å²) in [5.74, 6) is 0.885. The summed E-state index contributed by atoms with van der Waals surface area (Å²) in [4.78, 5) is 13.6. The second kappa shape index (κ2) is 8.45. The lowest BCUT2D eigenvalue weighted by Crippen LogP contribution is -2.36. The minimum atomic E-state index is -0.637. The maximum absolute atomic E-state index is 6.35. The number of nitrogens with two attached hydrogens (primary N) is 1. The first-order valence-corrected chi connectivity index (χ1v) is 12.1. The molecule has 1 aliphatic carbocycles. The maximum Gasteiger partial charge on any atom is 0.181 e. The van der Waals surface area contributed by atoms with E-state index in [9.17, 15) is 0 Å². The predicted octanol–water partition coefficient (Wildman–Crippen LogP) is 5.90. The number of hydrogen-bond acceptors (Lipinski definition) is 4. The number of H-pyrrole nitrogens is 1. The lowest BCUT2D eigenvalue weighted by molar-refractivity contribution is 0.0425. The highest BCUT2D eigenvalue weighted by atomic mass is 16.5. The highest BCUT2D eigenvalue weighted by Crippen LogP contribution is 2.48. The van der Waals surface area contributed by atoms with Crippen molar-refractivity contribution in [2.45, 2.75) is 64.6 Å². The van der Waals surface area contributed by atoms with Crippen LogP contribution in [0.25, 0.3) is 22.0 Å². The fourth-order valence-corrected chi connectivity index (χ4v) is 5.67. The summed E-state index contributed by atoms with van der Waals surface area (Å²) in [5, 5.41) is 1.26. The van der Waals surface area contributed by atoms with Crippen LogP contribution in [0.15, 0.2) is 52.6 Å². The van der Waals surface area contributed by atoms with Crippen LogP contribution in [-0.4, -0.2) is 29.7 Å². The third-order valence-electron chi connectivity index (χ3n) is 7.69. The van der Waals surface area contributed by atoms with Gasteiger partial charge in [0.05, 0.1) is 11.8 Å². The van der Waals surface area contributed by atoms with Crippen LogP contribution in [0.4, 0.5) is 0 Å². The zero-order valence-electron chi connectivity index (χ0n) is 20.1. The van der Waals surface area contributed by atoms with E-state index in [2.05, 4.69) is 61.4 Å². The number of aliphatic imine (C=N–C) groups is 2. The van der Waals surface area contributed by atoms with Crippen LogP contribution in [-0.2, 0) is 16.8 Å². The first-order chi connectivity index (χ1) is 15.9. The van der Waals surface area contributed by atoms with Gasteiger partial charge >= 0.3 is 0 Å². The zero-order chi connectivity index (χ0) is 23.2. The van der Waals surface area contributed by atoms with Crippen LogP contribution in [0.2, 0.25) is 0 Å². The van der Waals surface area contributed by atoms with Gasteiger partial charge in [0.1, 0.15) is 5.84 Å². The molecule has 172 valence electrons. The molecule has 0 radical (unpaired) electrons. The second-order valence-electron chi connectivity index (χ2n) is 9.59. The van der Waals surface area contributed by atoms with E-state index in [1.165, 1.54) is 38.7 Å². The zero-order valence-corrected chi connectivity index (χ0v) is 20.1. The van der Waals surface area contributed by atoms with Crippen molar-refractivity contribution in [3.63, 3.8) is 0 Å². The summed E-state index contributed by atoms with van der Waals surface area (Å²) in [6, 6.07) is 13.5. The van der Waals surface area contributed by atoms with Crippen LogP contribution >= 0.6 is 0 Å². The van der Waals surface area contributed by atoms with Crippen molar-refractivity contribution in [3.8, 4) is 11.1 Å². The molecule has 2 heterocycles. The Kier molecular flexibility index (Phi) is 5.61. The summed E-state index contributed by atoms with van der Waals surface area (Å²) in [7, 11) is 1.82. The van der Waals surface area contributed by atoms with Crippen molar-refractivity contribution in [2.75, 3.05) is 7.11 Å². The largest absolute Gasteiger partial charge is 0.382 e. The number of fused-ring (bicyclic) bond motifs is 1. The smallest absolute Gasteiger partial charge is 0.181 e. The SMILES string of the molecule is CCc1ccc(-c2ccc3[nH]cc(C)c3c2)cc1C1(C2CCC(OC)CC2)N=C(C)C(N)=N1. The maximum atomic E-state index is 6.35.